The van der Waals surface area contributed by atoms with E-state index in [0.29, 0.717) is 22.7 Å². The average Bonchev–Trinajstić information content (AvgIpc) is 3.15. The highest BCUT2D eigenvalue weighted by atomic mass is 16.5. The van der Waals surface area contributed by atoms with Gasteiger partial charge in [0, 0.05) is 29.9 Å². The zero-order valence-corrected chi connectivity index (χ0v) is 16.7. The van der Waals surface area contributed by atoms with Crippen LogP contribution in [-0.2, 0) is 11.3 Å². The first-order valence-electron chi connectivity index (χ1n) is 9.35. The molecular weight excluding hydrogens is 354 g/mol. The molecule has 0 aliphatic carbocycles. The lowest BCUT2D eigenvalue weighted by Gasteiger charge is -2.11. The van der Waals surface area contributed by atoms with E-state index in [1.165, 1.54) is 13.3 Å². The second-order valence-corrected chi connectivity index (χ2v) is 7.29. The Labute approximate surface area is 165 Å². The largest absolute Gasteiger partial charge is 0.618 e. The minimum absolute atomic E-state index is 0.421. The molecule has 3 aromatic rings. The number of pyridine rings is 1. The second-order valence-electron chi connectivity index (χ2n) is 7.29. The SMILES string of the molecule is COC(=O)c1cc(-c2c(-c3cnn(CCC(C)C)c3)ccc[n+]2[O-])ccc1C. The van der Waals surface area contributed by atoms with Gasteiger partial charge in [0.25, 0.3) is 0 Å². The highest BCUT2D eigenvalue weighted by Crippen LogP contribution is 2.30. The minimum atomic E-state index is -0.421. The Balaban J connectivity index is 2.06. The summed E-state index contributed by atoms with van der Waals surface area (Å²) in [6, 6.07) is 8.98. The molecule has 0 bridgehead atoms. The van der Waals surface area contributed by atoms with Crippen molar-refractivity contribution in [3.8, 4) is 22.4 Å². The predicted octanol–water partition coefficient (Wildman–Crippen LogP) is 3.99. The van der Waals surface area contributed by atoms with E-state index < -0.39 is 5.97 Å². The van der Waals surface area contributed by atoms with Crippen molar-refractivity contribution in [3.63, 3.8) is 0 Å². The first-order valence-corrected chi connectivity index (χ1v) is 9.35. The van der Waals surface area contributed by atoms with Crippen LogP contribution in [0.25, 0.3) is 22.4 Å². The number of hydrogen-bond donors (Lipinski definition) is 0. The molecule has 0 atom stereocenters. The van der Waals surface area contributed by atoms with Gasteiger partial charge in [-0.25, -0.2) is 4.79 Å². The van der Waals surface area contributed by atoms with E-state index in [0.717, 1.165) is 34.4 Å². The zero-order chi connectivity index (χ0) is 20.3. The molecule has 146 valence electrons. The van der Waals surface area contributed by atoms with Crippen molar-refractivity contribution in [1.29, 1.82) is 0 Å². The van der Waals surface area contributed by atoms with Crippen molar-refractivity contribution in [1.82, 2.24) is 9.78 Å². The van der Waals surface area contributed by atoms with Crippen molar-refractivity contribution in [2.45, 2.75) is 33.7 Å². The monoisotopic (exact) mass is 379 g/mol. The van der Waals surface area contributed by atoms with Gasteiger partial charge in [-0.1, -0.05) is 19.9 Å². The first kappa shape index (κ1) is 19.6. The van der Waals surface area contributed by atoms with Gasteiger partial charge < -0.3 is 9.94 Å². The van der Waals surface area contributed by atoms with E-state index in [9.17, 15) is 10.0 Å². The molecule has 0 unspecified atom stereocenters. The second kappa shape index (κ2) is 8.25. The highest BCUT2D eigenvalue weighted by Gasteiger charge is 2.20. The van der Waals surface area contributed by atoms with Crippen molar-refractivity contribution < 1.29 is 14.3 Å². The van der Waals surface area contributed by atoms with E-state index in [1.807, 2.05) is 36.0 Å². The minimum Gasteiger partial charge on any atom is -0.618 e. The number of nitrogens with zero attached hydrogens (tertiary/aromatic N) is 3. The average molecular weight is 379 g/mol. The van der Waals surface area contributed by atoms with Crippen LogP contribution in [0.5, 0.6) is 0 Å². The van der Waals surface area contributed by atoms with Gasteiger partial charge in [0.15, 0.2) is 6.20 Å². The molecule has 0 aliphatic heterocycles. The Morgan fingerprint density at radius 1 is 1.29 bits per heavy atom. The van der Waals surface area contributed by atoms with Crippen LogP contribution >= 0.6 is 0 Å². The molecule has 0 amide bonds. The third-order valence-electron chi connectivity index (χ3n) is 4.76. The molecule has 0 aliphatic rings. The van der Waals surface area contributed by atoms with Gasteiger partial charge in [0.2, 0.25) is 5.69 Å². The van der Waals surface area contributed by atoms with Gasteiger partial charge in [-0.3, -0.25) is 4.68 Å². The lowest BCUT2D eigenvalue weighted by Crippen LogP contribution is -2.29. The fraction of sp³-hybridized carbons (Fsp3) is 0.318. The summed E-state index contributed by atoms with van der Waals surface area (Å²) >= 11 is 0. The predicted molar refractivity (Wildman–Crippen MR) is 108 cm³/mol. The molecule has 3 rings (SSSR count). The van der Waals surface area contributed by atoms with Crippen LogP contribution in [0.4, 0.5) is 0 Å². The standard InChI is InChI=1S/C22H25N3O3/c1-15(2)9-11-24-14-18(13-23-24)19-6-5-10-25(27)21(19)17-8-7-16(3)20(12-17)22(26)28-4/h5-8,10,12-15H,9,11H2,1-4H3. The summed E-state index contributed by atoms with van der Waals surface area (Å²) in [5, 5.41) is 17.1. The van der Waals surface area contributed by atoms with Gasteiger partial charge >= 0.3 is 5.97 Å². The van der Waals surface area contributed by atoms with Crippen LogP contribution in [-0.4, -0.2) is 22.9 Å². The molecular formula is C22H25N3O3. The number of aromatic nitrogens is 3. The van der Waals surface area contributed by atoms with E-state index in [2.05, 4.69) is 18.9 Å². The maximum Gasteiger partial charge on any atom is 0.338 e. The lowest BCUT2D eigenvalue weighted by atomic mass is 9.98. The van der Waals surface area contributed by atoms with Crippen LogP contribution in [0.1, 0.15) is 36.2 Å². The van der Waals surface area contributed by atoms with Gasteiger partial charge in [0.1, 0.15) is 0 Å². The number of hydrogen-bond acceptors (Lipinski definition) is 4. The van der Waals surface area contributed by atoms with Crippen LogP contribution in [0, 0.1) is 18.0 Å². The van der Waals surface area contributed by atoms with E-state index in [-0.39, 0.29) is 0 Å². The van der Waals surface area contributed by atoms with Crippen LogP contribution in [0.2, 0.25) is 0 Å². The molecule has 6 nitrogen and oxygen atoms in total. The number of carbonyl (C=O) groups excluding carboxylic acids is 1. The Morgan fingerprint density at radius 2 is 2.07 bits per heavy atom. The molecule has 6 heteroatoms. The number of carbonyl (C=O) groups is 1. The topological polar surface area (TPSA) is 71.1 Å². The van der Waals surface area contributed by atoms with Gasteiger partial charge in [0.05, 0.1) is 24.4 Å². The highest BCUT2D eigenvalue weighted by molar-refractivity contribution is 5.93. The van der Waals surface area contributed by atoms with Crippen molar-refractivity contribution >= 4 is 5.97 Å². The third kappa shape index (κ3) is 4.06. The third-order valence-corrected chi connectivity index (χ3v) is 4.76. The Hall–Kier alpha value is -3.15. The van der Waals surface area contributed by atoms with E-state index in [1.54, 1.807) is 18.3 Å². The molecule has 2 heterocycles. The molecule has 28 heavy (non-hydrogen) atoms. The fourth-order valence-corrected chi connectivity index (χ4v) is 3.12. The first-order chi connectivity index (χ1) is 13.4. The summed E-state index contributed by atoms with van der Waals surface area (Å²) in [7, 11) is 1.35. The smallest absolute Gasteiger partial charge is 0.338 e. The van der Waals surface area contributed by atoms with Gasteiger partial charge in [-0.2, -0.15) is 9.83 Å². The van der Waals surface area contributed by atoms with Gasteiger partial charge in [-0.05, 0) is 43.0 Å². The number of esters is 1. The Morgan fingerprint density at radius 3 is 2.79 bits per heavy atom. The van der Waals surface area contributed by atoms with Crippen LogP contribution < -0.4 is 4.73 Å². The van der Waals surface area contributed by atoms with E-state index in [4.69, 9.17) is 4.74 Å². The number of benzene rings is 1. The summed E-state index contributed by atoms with van der Waals surface area (Å²) in [4.78, 5) is 12.1. The van der Waals surface area contributed by atoms with Crippen molar-refractivity contribution in [2.75, 3.05) is 7.11 Å². The number of rotatable bonds is 6. The number of aryl methyl sites for hydroxylation is 2. The molecule has 2 aromatic heterocycles. The normalized spacial score (nSPS) is 11.0. The molecule has 0 fully saturated rings. The van der Waals surface area contributed by atoms with Crippen molar-refractivity contribution in [2.24, 2.45) is 5.92 Å². The Bertz CT molecular complexity index is 992. The number of methoxy groups -OCH3 is 1. The summed E-state index contributed by atoms with van der Waals surface area (Å²) in [6.45, 7) is 7.02. The summed E-state index contributed by atoms with van der Waals surface area (Å²) in [5.41, 5.74) is 4.02. The summed E-state index contributed by atoms with van der Waals surface area (Å²) in [5.74, 6) is 0.170. The zero-order valence-electron chi connectivity index (χ0n) is 16.7. The maximum absolute atomic E-state index is 12.6. The molecule has 0 radical (unpaired) electrons. The molecule has 0 saturated heterocycles. The van der Waals surface area contributed by atoms with Crippen LogP contribution in [0.15, 0.2) is 48.9 Å². The quantitative estimate of drug-likeness (QED) is 0.369. The fourth-order valence-electron chi connectivity index (χ4n) is 3.12. The maximum atomic E-state index is 12.6. The lowest BCUT2D eigenvalue weighted by molar-refractivity contribution is -0.593. The summed E-state index contributed by atoms with van der Waals surface area (Å²) in [6.07, 6.45) is 6.22. The van der Waals surface area contributed by atoms with Gasteiger partial charge in [-0.15, -0.1) is 0 Å². The van der Waals surface area contributed by atoms with Crippen LogP contribution in [0.3, 0.4) is 0 Å². The molecule has 1 aromatic carbocycles. The molecule has 0 N–H and O–H groups in total. The van der Waals surface area contributed by atoms with Crippen molar-refractivity contribution in [3.05, 3.63) is 65.3 Å². The molecule has 0 spiro atoms. The summed E-state index contributed by atoms with van der Waals surface area (Å²) < 4.78 is 7.59. The Kier molecular flexibility index (Phi) is 5.78. The molecule has 0 saturated carbocycles. The number of ether oxygens (including phenoxy) is 1. The van der Waals surface area contributed by atoms with E-state index >= 15 is 0 Å².